The van der Waals surface area contributed by atoms with Crippen LogP contribution in [-0.2, 0) is 4.74 Å². The van der Waals surface area contributed by atoms with E-state index in [1.165, 1.54) is 12.7 Å². The van der Waals surface area contributed by atoms with E-state index in [1.54, 1.807) is 0 Å². The summed E-state index contributed by atoms with van der Waals surface area (Å²) in [5, 5.41) is 6.03. The second-order valence-electron chi connectivity index (χ2n) is 4.89. The van der Waals surface area contributed by atoms with Gasteiger partial charge in [0.25, 0.3) is 0 Å². The SMILES string of the molecule is COC(=O)Nc1cccc(NCC(C)c2ccccc2)c1. The molecule has 21 heavy (non-hydrogen) atoms. The van der Waals surface area contributed by atoms with Crippen molar-refractivity contribution < 1.29 is 9.53 Å². The van der Waals surface area contributed by atoms with Crippen LogP contribution in [0.1, 0.15) is 18.4 Å². The Labute approximate surface area is 125 Å². The Bertz CT molecular complexity index is 584. The molecule has 1 unspecified atom stereocenters. The monoisotopic (exact) mass is 284 g/mol. The first-order valence-electron chi connectivity index (χ1n) is 6.93. The van der Waals surface area contributed by atoms with Gasteiger partial charge in [-0.05, 0) is 29.7 Å². The van der Waals surface area contributed by atoms with E-state index in [0.29, 0.717) is 11.6 Å². The maximum absolute atomic E-state index is 11.2. The molecule has 2 aromatic rings. The average Bonchev–Trinajstić information content (AvgIpc) is 2.53. The molecule has 0 aliphatic heterocycles. The predicted molar refractivity (Wildman–Crippen MR) is 85.8 cm³/mol. The van der Waals surface area contributed by atoms with Gasteiger partial charge in [-0.2, -0.15) is 0 Å². The molecule has 0 saturated carbocycles. The second-order valence-corrected chi connectivity index (χ2v) is 4.89. The Morgan fingerprint density at radius 2 is 1.81 bits per heavy atom. The second kappa shape index (κ2) is 7.33. The molecule has 0 heterocycles. The smallest absolute Gasteiger partial charge is 0.411 e. The standard InChI is InChI=1S/C17H20N2O2/c1-13(14-7-4-3-5-8-14)12-18-15-9-6-10-16(11-15)19-17(20)21-2/h3-11,13,18H,12H2,1-2H3,(H,19,20). The lowest BCUT2D eigenvalue weighted by molar-refractivity contribution is 0.187. The maximum Gasteiger partial charge on any atom is 0.411 e. The molecule has 1 atom stereocenters. The number of ether oxygens (including phenoxy) is 1. The van der Waals surface area contributed by atoms with Crippen LogP contribution in [0.5, 0.6) is 0 Å². The zero-order chi connectivity index (χ0) is 15.1. The van der Waals surface area contributed by atoms with Gasteiger partial charge in [0.2, 0.25) is 0 Å². The third-order valence-electron chi connectivity index (χ3n) is 3.28. The fourth-order valence-corrected chi connectivity index (χ4v) is 2.05. The molecule has 1 amide bonds. The van der Waals surface area contributed by atoms with Gasteiger partial charge in [0.05, 0.1) is 7.11 Å². The quantitative estimate of drug-likeness (QED) is 0.869. The zero-order valence-corrected chi connectivity index (χ0v) is 12.3. The molecule has 0 spiro atoms. The number of rotatable bonds is 5. The molecule has 0 aliphatic carbocycles. The summed E-state index contributed by atoms with van der Waals surface area (Å²) in [5.74, 6) is 0.406. The minimum absolute atomic E-state index is 0.406. The number of hydrogen-bond acceptors (Lipinski definition) is 3. The van der Waals surface area contributed by atoms with E-state index in [4.69, 9.17) is 0 Å². The van der Waals surface area contributed by atoms with Crippen LogP contribution in [0.3, 0.4) is 0 Å². The first kappa shape index (κ1) is 14.9. The lowest BCUT2D eigenvalue weighted by atomic mass is 10.0. The highest BCUT2D eigenvalue weighted by molar-refractivity contribution is 5.85. The van der Waals surface area contributed by atoms with Crippen LogP contribution in [0.15, 0.2) is 54.6 Å². The highest BCUT2D eigenvalue weighted by Crippen LogP contribution is 2.18. The molecule has 2 aromatic carbocycles. The Hall–Kier alpha value is -2.49. The fourth-order valence-electron chi connectivity index (χ4n) is 2.05. The van der Waals surface area contributed by atoms with Gasteiger partial charge in [0.1, 0.15) is 0 Å². The first-order chi connectivity index (χ1) is 10.2. The number of benzene rings is 2. The number of anilines is 2. The summed E-state index contributed by atoms with van der Waals surface area (Å²) < 4.78 is 4.58. The molecule has 4 nitrogen and oxygen atoms in total. The predicted octanol–water partition coefficient (Wildman–Crippen LogP) is 4.08. The van der Waals surface area contributed by atoms with Crippen molar-refractivity contribution in [1.29, 1.82) is 0 Å². The van der Waals surface area contributed by atoms with Crippen LogP contribution in [-0.4, -0.2) is 19.7 Å². The van der Waals surface area contributed by atoms with Crippen LogP contribution in [0.4, 0.5) is 16.2 Å². The molecule has 0 aliphatic rings. The summed E-state index contributed by atoms with van der Waals surface area (Å²) >= 11 is 0. The number of carbonyl (C=O) groups is 1. The minimum atomic E-state index is -0.468. The number of methoxy groups -OCH3 is 1. The van der Waals surface area contributed by atoms with Gasteiger partial charge in [-0.15, -0.1) is 0 Å². The Balaban J connectivity index is 1.94. The van der Waals surface area contributed by atoms with Gasteiger partial charge in [-0.25, -0.2) is 4.79 Å². The molecule has 0 saturated heterocycles. The van der Waals surface area contributed by atoms with Crippen molar-refractivity contribution in [2.24, 2.45) is 0 Å². The highest BCUT2D eigenvalue weighted by Gasteiger charge is 2.05. The molecule has 4 heteroatoms. The fraction of sp³-hybridized carbons (Fsp3) is 0.235. The first-order valence-corrected chi connectivity index (χ1v) is 6.93. The topological polar surface area (TPSA) is 50.4 Å². The lowest BCUT2D eigenvalue weighted by Crippen LogP contribution is -2.12. The van der Waals surface area contributed by atoms with Gasteiger partial charge in [0.15, 0.2) is 0 Å². The summed E-state index contributed by atoms with van der Waals surface area (Å²) in [6.07, 6.45) is -0.468. The van der Waals surface area contributed by atoms with Gasteiger partial charge in [-0.1, -0.05) is 43.3 Å². The molecule has 0 radical (unpaired) electrons. The lowest BCUT2D eigenvalue weighted by Gasteiger charge is -2.14. The van der Waals surface area contributed by atoms with Crippen molar-refractivity contribution in [3.8, 4) is 0 Å². The van der Waals surface area contributed by atoms with Crippen LogP contribution >= 0.6 is 0 Å². The van der Waals surface area contributed by atoms with Crippen molar-refractivity contribution in [2.75, 3.05) is 24.3 Å². The maximum atomic E-state index is 11.2. The normalized spacial score (nSPS) is 11.5. The Morgan fingerprint density at radius 3 is 2.52 bits per heavy atom. The van der Waals surface area contributed by atoms with Crippen LogP contribution in [0.2, 0.25) is 0 Å². The van der Waals surface area contributed by atoms with Crippen LogP contribution in [0.25, 0.3) is 0 Å². The number of carbonyl (C=O) groups excluding carboxylic acids is 1. The van der Waals surface area contributed by atoms with E-state index >= 15 is 0 Å². The van der Waals surface area contributed by atoms with Gasteiger partial charge in [0, 0.05) is 17.9 Å². The molecule has 0 aromatic heterocycles. The molecule has 0 bridgehead atoms. The van der Waals surface area contributed by atoms with E-state index in [9.17, 15) is 4.79 Å². The van der Waals surface area contributed by atoms with E-state index in [2.05, 4.69) is 34.4 Å². The van der Waals surface area contributed by atoms with Crippen molar-refractivity contribution in [1.82, 2.24) is 0 Å². The summed E-state index contributed by atoms with van der Waals surface area (Å²) in [5.41, 5.74) is 2.97. The third kappa shape index (κ3) is 4.53. The van der Waals surface area contributed by atoms with Gasteiger partial charge in [-0.3, -0.25) is 5.32 Å². The summed E-state index contributed by atoms with van der Waals surface area (Å²) in [4.78, 5) is 11.2. The molecular formula is C17H20N2O2. The molecule has 110 valence electrons. The Kier molecular flexibility index (Phi) is 5.21. The molecule has 2 N–H and O–H groups in total. The largest absolute Gasteiger partial charge is 0.453 e. The Morgan fingerprint density at radius 1 is 1.10 bits per heavy atom. The number of nitrogens with one attached hydrogen (secondary N) is 2. The van der Waals surface area contributed by atoms with E-state index in [1.807, 2.05) is 42.5 Å². The molecule has 2 rings (SSSR count). The van der Waals surface area contributed by atoms with Crippen LogP contribution in [0, 0.1) is 0 Å². The summed E-state index contributed by atoms with van der Waals surface area (Å²) in [7, 11) is 1.35. The third-order valence-corrected chi connectivity index (χ3v) is 3.28. The zero-order valence-electron chi connectivity index (χ0n) is 12.3. The van der Waals surface area contributed by atoms with E-state index in [-0.39, 0.29) is 0 Å². The van der Waals surface area contributed by atoms with Crippen molar-refractivity contribution in [3.63, 3.8) is 0 Å². The molecule has 0 fully saturated rings. The van der Waals surface area contributed by atoms with Gasteiger partial charge < -0.3 is 10.1 Å². The summed E-state index contributed by atoms with van der Waals surface area (Å²) in [6, 6.07) is 17.9. The van der Waals surface area contributed by atoms with E-state index in [0.717, 1.165) is 12.2 Å². The van der Waals surface area contributed by atoms with Crippen molar-refractivity contribution in [2.45, 2.75) is 12.8 Å². The van der Waals surface area contributed by atoms with Crippen molar-refractivity contribution >= 4 is 17.5 Å². The van der Waals surface area contributed by atoms with E-state index < -0.39 is 6.09 Å². The van der Waals surface area contributed by atoms with Gasteiger partial charge >= 0.3 is 6.09 Å². The molecular weight excluding hydrogens is 264 g/mol. The van der Waals surface area contributed by atoms with Crippen molar-refractivity contribution in [3.05, 3.63) is 60.2 Å². The number of hydrogen-bond donors (Lipinski definition) is 2. The average molecular weight is 284 g/mol. The summed E-state index contributed by atoms with van der Waals surface area (Å²) in [6.45, 7) is 3.00. The van der Waals surface area contributed by atoms with Crippen LogP contribution < -0.4 is 10.6 Å². The highest BCUT2D eigenvalue weighted by atomic mass is 16.5. The minimum Gasteiger partial charge on any atom is -0.453 e. The number of amides is 1.